The smallest absolute Gasteiger partial charge is 0.181 e. The van der Waals surface area contributed by atoms with Gasteiger partial charge in [-0.05, 0) is 92.4 Å². The van der Waals surface area contributed by atoms with Crippen LogP contribution in [-0.2, 0) is 9.13 Å². The predicted molar refractivity (Wildman–Crippen MR) is 194 cm³/mol. The van der Waals surface area contributed by atoms with Crippen LogP contribution in [0.4, 0.5) is 0 Å². The fourth-order valence-corrected chi connectivity index (χ4v) is 14.0. The maximum absolute atomic E-state index is 13.2. The molecule has 5 aromatic carbocycles. The molecule has 8 aliphatic carbocycles. The maximum atomic E-state index is 13.2. The lowest BCUT2D eigenvalue weighted by Crippen LogP contribution is -2.18. The monoisotopic (exact) mass is 720 g/mol. The van der Waals surface area contributed by atoms with Crippen LogP contribution < -0.4 is 18.8 Å². The Balaban J connectivity index is 1.03. The zero-order valence-electron chi connectivity index (χ0n) is 28.7. The number of hydrogen-bond acceptors (Lipinski definition) is 6. The van der Waals surface area contributed by atoms with Gasteiger partial charge in [0.25, 0.3) is 0 Å². The van der Waals surface area contributed by atoms with E-state index in [0.717, 1.165) is 61.3 Å². The summed E-state index contributed by atoms with van der Waals surface area (Å²) in [5.74, 6) is 1.96. The van der Waals surface area contributed by atoms with E-state index in [4.69, 9.17) is 9.05 Å². The molecule has 6 nitrogen and oxygen atoms in total. The second-order valence-corrected chi connectivity index (χ2v) is 20.3. The Kier molecular flexibility index (Phi) is 5.24. The van der Waals surface area contributed by atoms with Crippen LogP contribution in [-0.4, -0.2) is 13.3 Å². The van der Waals surface area contributed by atoms with Gasteiger partial charge in [0.05, 0.1) is 0 Å². The highest BCUT2D eigenvalue weighted by Gasteiger charge is 2.55. The Morgan fingerprint density at radius 3 is 0.904 bits per heavy atom. The van der Waals surface area contributed by atoms with Crippen molar-refractivity contribution < 1.29 is 28.0 Å². The van der Waals surface area contributed by atoms with Crippen molar-refractivity contribution in [1.29, 1.82) is 0 Å². The van der Waals surface area contributed by atoms with Crippen molar-refractivity contribution in [2.24, 2.45) is 0 Å². The lowest BCUT2D eigenvalue weighted by molar-refractivity contribution is -0.190. The summed E-state index contributed by atoms with van der Waals surface area (Å²) in [5, 5.41) is 0. The Hall–Kier alpha value is -3.92. The van der Waals surface area contributed by atoms with E-state index < -0.39 is 15.2 Å². The molecule has 0 N–H and O–H groups in total. The van der Waals surface area contributed by atoms with Crippen molar-refractivity contribution in [3.05, 3.63) is 162 Å². The van der Waals surface area contributed by atoms with Gasteiger partial charge in [0, 0.05) is 82.9 Å². The third-order valence-corrected chi connectivity index (χ3v) is 15.5. The molecule has 0 heterocycles. The van der Waals surface area contributed by atoms with Crippen LogP contribution in [0.1, 0.15) is 162 Å². The van der Waals surface area contributed by atoms with Crippen LogP contribution in [0.3, 0.4) is 0 Å². The van der Waals surface area contributed by atoms with E-state index in [-0.39, 0.29) is 23.7 Å². The van der Waals surface area contributed by atoms with E-state index in [0.29, 0.717) is 35.2 Å². The van der Waals surface area contributed by atoms with Gasteiger partial charge in [0.15, 0.2) is 15.2 Å². The summed E-state index contributed by atoms with van der Waals surface area (Å²) in [7, 11) is -8.49. The summed E-state index contributed by atoms with van der Waals surface area (Å²) in [4.78, 5) is 26.4. The molecule has 0 saturated carbocycles. The zero-order valence-corrected chi connectivity index (χ0v) is 30.5. The van der Waals surface area contributed by atoms with Gasteiger partial charge in [0.2, 0.25) is 0 Å². The lowest BCUT2D eigenvalue weighted by Gasteiger charge is -2.35. The van der Waals surface area contributed by atoms with E-state index >= 15 is 0 Å². The van der Waals surface area contributed by atoms with Crippen molar-refractivity contribution in [1.82, 2.24) is 0 Å². The van der Waals surface area contributed by atoms with Crippen molar-refractivity contribution >= 4 is 15.2 Å². The average Bonchev–Trinajstić information content (AvgIpc) is 3.98. The summed E-state index contributed by atoms with van der Waals surface area (Å²) >= 11 is 0. The summed E-state index contributed by atoms with van der Waals surface area (Å²) in [6, 6.07) is 27.2. The van der Waals surface area contributed by atoms with Crippen LogP contribution in [0, 0.1) is 0 Å². The van der Waals surface area contributed by atoms with E-state index in [2.05, 4.69) is 72.8 Å². The minimum absolute atomic E-state index is 0.0994. The molecule has 0 aliphatic heterocycles. The molecule has 8 bridgehead atoms. The number of rotatable bonds is 4. The van der Waals surface area contributed by atoms with Gasteiger partial charge >= 0.3 is 0 Å². The van der Waals surface area contributed by atoms with Gasteiger partial charge in [-0.15, -0.1) is 0 Å². The highest BCUT2D eigenvalue weighted by atomic mass is 31.2. The van der Waals surface area contributed by atoms with Crippen LogP contribution in [0.2, 0.25) is 0 Å². The van der Waals surface area contributed by atoms with E-state index in [1.165, 1.54) is 66.8 Å². The summed E-state index contributed by atoms with van der Waals surface area (Å²) < 4.78 is 38.8. The van der Waals surface area contributed by atoms with E-state index in [9.17, 15) is 18.9 Å². The first-order valence-corrected chi connectivity index (χ1v) is 22.7. The molecule has 0 radical (unpaired) electrons. The van der Waals surface area contributed by atoms with Crippen LogP contribution >= 0.6 is 15.2 Å². The SMILES string of the molecule is CP(=O)([O-])Oc1c2c(c(OP(C)(=O)[O-])c3c1[C@H]1C[C@@H]3c3cc4c(cc31)[C@H]1C[C@@H]4c3ccccc31)[C@H]1C[C@@H]2c2cc3c(cc21)[C@H]1C[C@@H]3c2ccccc21. The molecule has 0 aromatic heterocycles. The molecule has 10 atom stereocenters. The zero-order chi connectivity index (χ0) is 34.7. The normalized spacial score (nSPS) is 30.8. The fraction of sp³-hybridized carbons (Fsp3) is 0.318. The molecular formula is C44H34O6P2-2. The van der Waals surface area contributed by atoms with Crippen LogP contribution in [0.15, 0.2) is 72.8 Å². The largest absolute Gasteiger partial charge is 0.769 e. The standard InChI is InChI=1S/C44H36O6P2/c1-51(45,46)49-43-39-35-17-37(33-15-29-25-11-23(27(29)13-31(33)35)19-7-3-5-9-21(19)25)41(39)44(50-52(2,47)48)42-38-18-36(40(42)43)32-14-28-24-12-26(30(28)16-34(32)38)22-10-6-4-8-20(22)24/h3-10,13-16,23-26,35-38H,11-12,17-18H2,1-2H3,(H,45,46)(H,47,48)/p-2/t23-,24+,25+,26-,35-,36+,37+,38-. The quantitative estimate of drug-likeness (QED) is 0.172. The van der Waals surface area contributed by atoms with Crippen molar-refractivity contribution in [3.8, 4) is 11.5 Å². The van der Waals surface area contributed by atoms with Gasteiger partial charge in [-0.3, -0.25) is 9.13 Å². The van der Waals surface area contributed by atoms with E-state index in [1.807, 2.05) is 0 Å². The minimum atomic E-state index is -4.25. The fourth-order valence-electron chi connectivity index (χ4n) is 13.0. The van der Waals surface area contributed by atoms with Crippen LogP contribution in [0.25, 0.3) is 0 Å². The molecule has 0 saturated heterocycles. The lowest BCUT2D eigenvalue weighted by atomic mass is 9.74. The molecule has 13 rings (SSSR count). The first-order chi connectivity index (χ1) is 25.0. The minimum Gasteiger partial charge on any atom is -0.769 e. The molecule has 0 amide bonds. The summed E-state index contributed by atoms with van der Waals surface area (Å²) in [5.41, 5.74) is 19.4. The molecule has 8 heteroatoms. The Morgan fingerprint density at radius 1 is 0.423 bits per heavy atom. The van der Waals surface area contributed by atoms with Gasteiger partial charge in [-0.2, -0.15) is 0 Å². The second-order valence-electron chi connectivity index (χ2n) is 16.9. The van der Waals surface area contributed by atoms with E-state index in [1.54, 1.807) is 0 Å². The second kappa shape index (κ2) is 9.23. The molecule has 2 unspecified atom stereocenters. The number of hydrogen-bond donors (Lipinski definition) is 0. The topological polar surface area (TPSA) is 98.7 Å². The van der Waals surface area contributed by atoms with Crippen molar-refractivity contribution in [3.63, 3.8) is 0 Å². The predicted octanol–water partition coefficient (Wildman–Crippen LogP) is 8.73. The Bertz CT molecular complexity index is 2340. The molecular weight excluding hydrogens is 686 g/mol. The van der Waals surface area contributed by atoms with Gasteiger partial charge in [-0.1, -0.05) is 72.8 Å². The highest BCUT2D eigenvalue weighted by Crippen LogP contribution is 2.72. The highest BCUT2D eigenvalue weighted by molar-refractivity contribution is 7.51. The third-order valence-electron chi connectivity index (χ3n) is 14.4. The first-order valence-electron chi connectivity index (χ1n) is 18.7. The van der Waals surface area contributed by atoms with Crippen molar-refractivity contribution in [2.45, 2.75) is 73.0 Å². The summed E-state index contributed by atoms with van der Waals surface area (Å²) in [6.07, 6.45) is 3.67. The van der Waals surface area contributed by atoms with Crippen molar-refractivity contribution in [2.75, 3.05) is 13.3 Å². The Morgan fingerprint density at radius 2 is 0.654 bits per heavy atom. The average molecular weight is 721 g/mol. The van der Waals surface area contributed by atoms with Gasteiger partial charge < -0.3 is 18.8 Å². The van der Waals surface area contributed by atoms with Crippen LogP contribution in [0.5, 0.6) is 11.5 Å². The molecule has 8 aliphatic rings. The molecule has 52 heavy (non-hydrogen) atoms. The van der Waals surface area contributed by atoms with Gasteiger partial charge in [0.1, 0.15) is 11.5 Å². The maximum Gasteiger partial charge on any atom is 0.181 e. The third kappa shape index (κ3) is 3.48. The molecule has 5 aromatic rings. The Labute approximate surface area is 301 Å². The summed E-state index contributed by atoms with van der Waals surface area (Å²) in [6.45, 7) is 2.30. The molecule has 0 fully saturated rings. The molecule has 0 spiro atoms. The first kappa shape index (κ1) is 29.5. The number of benzene rings is 5. The van der Waals surface area contributed by atoms with Gasteiger partial charge in [-0.25, -0.2) is 0 Å². The molecule has 258 valence electrons. The number of fused-ring (bicyclic) bond motifs is 32.